The number of methoxy groups -OCH3 is 1. The molecule has 7 heteroatoms. The lowest BCUT2D eigenvalue weighted by Crippen LogP contribution is -2.52. The summed E-state index contributed by atoms with van der Waals surface area (Å²) in [6, 6.07) is 15.2. The van der Waals surface area contributed by atoms with Crippen molar-refractivity contribution in [2.45, 2.75) is 11.7 Å². The van der Waals surface area contributed by atoms with Crippen LogP contribution in [0.3, 0.4) is 0 Å². The summed E-state index contributed by atoms with van der Waals surface area (Å²) in [5.74, 6) is -0.169. The third-order valence-electron chi connectivity index (χ3n) is 4.94. The average molecular weight is 412 g/mol. The van der Waals surface area contributed by atoms with E-state index in [1.165, 1.54) is 7.11 Å². The lowest BCUT2D eigenvalue weighted by atomic mass is 9.77. The molecule has 0 bridgehead atoms. The van der Waals surface area contributed by atoms with Crippen molar-refractivity contribution in [3.05, 3.63) is 82.3 Å². The molecule has 0 saturated heterocycles. The Bertz CT molecular complexity index is 1090. The van der Waals surface area contributed by atoms with E-state index in [9.17, 15) is 15.0 Å². The van der Waals surface area contributed by atoms with Crippen molar-refractivity contribution in [2.24, 2.45) is 0 Å². The second-order valence-electron chi connectivity index (χ2n) is 6.64. The third kappa shape index (κ3) is 3.21. The monoisotopic (exact) mass is 411 g/mol. The summed E-state index contributed by atoms with van der Waals surface area (Å²) in [5, 5.41) is 25.7. The van der Waals surface area contributed by atoms with Gasteiger partial charge in [0.15, 0.2) is 16.9 Å². The highest BCUT2D eigenvalue weighted by molar-refractivity contribution is 6.28. The van der Waals surface area contributed by atoms with Gasteiger partial charge in [-0.2, -0.15) is 0 Å². The van der Waals surface area contributed by atoms with Gasteiger partial charge in [0.05, 0.1) is 11.3 Å². The minimum absolute atomic E-state index is 0.162. The number of rotatable bonds is 4. The average Bonchev–Trinajstić information content (AvgIpc) is 3.13. The molecule has 0 aliphatic carbocycles. The number of amides is 1. The Hall–Kier alpha value is -3.06. The molecular formula is C22H18ClNO5. The van der Waals surface area contributed by atoms with Crippen LogP contribution < -0.4 is 5.32 Å². The zero-order chi connectivity index (χ0) is 20.6. The van der Waals surface area contributed by atoms with Crippen molar-refractivity contribution in [3.63, 3.8) is 0 Å². The number of phenols is 1. The summed E-state index contributed by atoms with van der Waals surface area (Å²) in [5.41, 5.74) is -0.552. The van der Waals surface area contributed by atoms with Gasteiger partial charge in [-0.3, -0.25) is 4.79 Å². The summed E-state index contributed by atoms with van der Waals surface area (Å²) in [6.45, 7) is 0. The number of carbonyl (C=O) groups is 1. The Balaban J connectivity index is 1.88. The largest absolute Gasteiger partial charge is 0.507 e. The van der Waals surface area contributed by atoms with Crippen molar-refractivity contribution in [3.8, 4) is 5.75 Å². The molecule has 0 radical (unpaired) electrons. The molecule has 2 heterocycles. The van der Waals surface area contributed by atoms with E-state index in [4.69, 9.17) is 20.8 Å². The molecule has 4 rings (SSSR count). The molecule has 148 valence electrons. The maximum atomic E-state index is 12.6. The molecule has 1 aromatic heterocycles. The zero-order valence-electron chi connectivity index (χ0n) is 15.4. The van der Waals surface area contributed by atoms with Crippen molar-refractivity contribution in [1.82, 2.24) is 0 Å². The summed E-state index contributed by atoms with van der Waals surface area (Å²) < 4.78 is 10.6. The number of carbonyl (C=O) groups excluding carboxylic acids is 1. The number of aliphatic hydroxyl groups is 1. The standard InChI is InChI=1S/C22H18ClNO5/c1-28-20-21(26)24-16-11-8-13(7-9-15-10-12-17(23)29-15)19(25)18(16)22(20,27)14-5-3-2-4-6-14/h2-12,20,25,27H,1H3,(H,24,26)/b9-7+. The second kappa shape index (κ2) is 7.40. The van der Waals surface area contributed by atoms with E-state index in [0.29, 0.717) is 22.6 Å². The molecule has 1 aliphatic heterocycles. The number of aromatic hydroxyl groups is 1. The number of hydrogen-bond acceptors (Lipinski definition) is 5. The van der Waals surface area contributed by atoms with E-state index >= 15 is 0 Å². The predicted octanol–water partition coefficient (Wildman–Crippen LogP) is 4.01. The van der Waals surface area contributed by atoms with Crippen LogP contribution in [0.25, 0.3) is 12.2 Å². The fourth-order valence-corrected chi connectivity index (χ4v) is 3.76. The molecule has 2 aromatic carbocycles. The van der Waals surface area contributed by atoms with Crippen molar-refractivity contribution >= 4 is 35.3 Å². The predicted molar refractivity (Wildman–Crippen MR) is 110 cm³/mol. The summed E-state index contributed by atoms with van der Waals surface area (Å²) >= 11 is 5.78. The van der Waals surface area contributed by atoms with Crippen molar-refractivity contribution < 1.29 is 24.2 Å². The molecule has 29 heavy (non-hydrogen) atoms. The molecule has 0 spiro atoms. The molecule has 2 atom stereocenters. The molecule has 6 nitrogen and oxygen atoms in total. The SMILES string of the molecule is COC1C(=O)Nc2ccc(/C=C/c3ccc(Cl)o3)c(O)c2C1(O)c1ccccc1. The molecule has 0 saturated carbocycles. The van der Waals surface area contributed by atoms with E-state index in [1.807, 2.05) is 0 Å². The minimum Gasteiger partial charge on any atom is -0.507 e. The Kier molecular flexibility index (Phi) is 4.92. The summed E-state index contributed by atoms with van der Waals surface area (Å²) in [4.78, 5) is 12.6. The van der Waals surface area contributed by atoms with Crippen LogP contribution in [0.5, 0.6) is 5.75 Å². The van der Waals surface area contributed by atoms with Crippen molar-refractivity contribution in [2.75, 3.05) is 12.4 Å². The number of anilines is 1. The van der Waals surface area contributed by atoms with Gasteiger partial charge in [-0.05, 0) is 53.6 Å². The van der Waals surface area contributed by atoms with Gasteiger partial charge in [0.1, 0.15) is 11.5 Å². The van der Waals surface area contributed by atoms with Crippen LogP contribution in [0, 0.1) is 0 Å². The number of furan rings is 1. The summed E-state index contributed by atoms with van der Waals surface area (Å²) in [6.07, 6.45) is 2.03. The fraction of sp³-hybridized carbons (Fsp3) is 0.136. The first-order valence-corrected chi connectivity index (χ1v) is 9.24. The molecular weight excluding hydrogens is 394 g/mol. The van der Waals surface area contributed by atoms with Crippen LogP contribution in [0.1, 0.15) is 22.5 Å². The zero-order valence-corrected chi connectivity index (χ0v) is 16.2. The Labute approximate surface area is 172 Å². The smallest absolute Gasteiger partial charge is 0.257 e. The van der Waals surface area contributed by atoms with Crippen LogP contribution in [0.4, 0.5) is 5.69 Å². The maximum absolute atomic E-state index is 12.6. The van der Waals surface area contributed by atoms with Crippen LogP contribution in [-0.2, 0) is 15.1 Å². The van der Waals surface area contributed by atoms with Crippen LogP contribution in [0.2, 0.25) is 5.22 Å². The van der Waals surface area contributed by atoms with Gasteiger partial charge < -0.3 is 24.7 Å². The van der Waals surface area contributed by atoms with Crippen LogP contribution in [-0.4, -0.2) is 29.3 Å². The van der Waals surface area contributed by atoms with Gasteiger partial charge in [0, 0.05) is 12.7 Å². The normalized spacial score (nSPS) is 21.2. The first-order valence-electron chi connectivity index (χ1n) is 8.86. The lowest BCUT2D eigenvalue weighted by Gasteiger charge is -2.40. The quantitative estimate of drug-likeness (QED) is 0.603. The number of ether oxygens (including phenoxy) is 1. The molecule has 1 aliphatic rings. The van der Waals surface area contributed by atoms with Gasteiger partial charge in [0.25, 0.3) is 5.91 Å². The van der Waals surface area contributed by atoms with Gasteiger partial charge in [0.2, 0.25) is 0 Å². The maximum Gasteiger partial charge on any atom is 0.257 e. The Morgan fingerprint density at radius 2 is 1.90 bits per heavy atom. The highest BCUT2D eigenvalue weighted by Crippen LogP contribution is 2.47. The number of fused-ring (bicyclic) bond motifs is 1. The molecule has 2 unspecified atom stereocenters. The lowest BCUT2D eigenvalue weighted by molar-refractivity contribution is -0.142. The van der Waals surface area contributed by atoms with E-state index in [2.05, 4.69) is 5.32 Å². The minimum atomic E-state index is -1.88. The summed E-state index contributed by atoms with van der Waals surface area (Å²) in [7, 11) is 1.34. The van der Waals surface area contributed by atoms with Gasteiger partial charge >= 0.3 is 0 Å². The number of hydrogen-bond donors (Lipinski definition) is 3. The van der Waals surface area contributed by atoms with Gasteiger partial charge in [-0.1, -0.05) is 30.3 Å². The molecule has 1 amide bonds. The highest BCUT2D eigenvalue weighted by Gasteiger charge is 2.51. The number of phenolic OH excluding ortho intramolecular Hbond substituents is 1. The van der Waals surface area contributed by atoms with Crippen LogP contribution >= 0.6 is 11.6 Å². The van der Waals surface area contributed by atoms with Gasteiger partial charge in [-0.15, -0.1) is 0 Å². The first kappa shape index (κ1) is 19.3. The van der Waals surface area contributed by atoms with Crippen molar-refractivity contribution in [1.29, 1.82) is 0 Å². The number of nitrogens with one attached hydrogen (secondary N) is 1. The molecule has 3 aromatic rings. The first-order chi connectivity index (χ1) is 13.9. The molecule has 0 fully saturated rings. The molecule has 3 N–H and O–H groups in total. The fourth-order valence-electron chi connectivity index (χ4n) is 3.61. The second-order valence-corrected chi connectivity index (χ2v) is 7.01. The van der Waals surface area contributed by atoms with E-state index in [1.54, 1.807) is 66.7 Å². The van der Waals surface area contributed by atoms with Crippen LogP contribution in [0.15, 0.2) is 59.0 Å². The topological polar surface area (TPSA) is 91.9 Å². The Morgan fingerprint density at radius 1 is 1.14 bits per heavy atom. The number of halogens is 1. The third-order valence-corrected chi connectivity index (χ3v) is 5.14. The Morgan fingerprint density at radius 3 is 2.55 bits per heavy atom. The van der Waals surface area contributed by atoms with E-state index < -0.39 is 17.6 Å². The number of benzene rings is 2. The van der Waals surface area contributed by atoms with E-state index in [0.717, 1.165) is 0 Å². The van der Waals surface area contributed by atoms with Gasteiger partial charge in [-0.25, -0.2) is 0 Å². The van der Waals surface area contributed by atoms with E-state index in [-0.39, 0.29) is 16.5 Å². The highest BCUT2D eigenvalue weighted by atomic mass is 35.5.